The van der Waals surface area contributed by atoms with Crippen molar-refractivity contribution < 1.29 is 59.9 Å². The third kappa shape index (κ3) is 7.44. The summed E-state index contributed by atoms with van der Waals surface area (Å²) in [6.45, 7) is 8.18. The number of allylic oxidation sites excluding steroid dienone is 2. The molecule has 0 saturated heterocycles. The van der Waals surface area contributed by atoms with E-state index in [9.17, 15) is 0 Å². The van der Waals surface area contributed by atoms with Crippen molar-refractivity contribution in [1.82, 2.24) is 0 Å². The fourth-order valence-corrected chi connectivity index (χ4v) is 6.16. The standard InChI is InChI=1S/2C21H17O.2ClH.Zr/c2*1-14-6-9-16(10-7-14)17-4-3-5-18-19(17)11-12-20(18)21-13-8-15(2)22-21;;;/h2*3-11,13,20H,1-2H3;2*1H;/q2*-1;;;+4/p-2. The second-order valence-electron chi connectivity index (χ2n) is 11.7. The zero-order valence-electron chi connectivity index (χ0n) is 26.8. The predicted octanol–water partition coefficient (Wildman–Crippen LogP) is 5.06. The van der Waals surface area contributed by atoms with Gasteiger partial charge in [0.2, 0.25) is 0 Å². The first-order valence-electron chi connectivity index (χ1n) is 15.2. The van der Waals surface area contributed by atoms with Crippen LogP contribution in [0.5, 0.6) is 0 Å². The Morgan fingerprint density at radius 3 is 1.19 bits per heavy atom. The summed E-state index contributed by atoms with van der Waals surface area (Å²) < 4.78 is 11.6. The van der Waals surface area contributed by atoms with Crippen LogP contribution in [0.1, 0.15) is 68.3 Å². The number of rotatable bonds is 4. The molecule has 47 heavy (non-hydrogen) atoms. The largest absolute Gasteiger partial charge is 4.00 e. The van der Waals surface area contributed by atoms with Crippen LogP contribution in [0.15, 0.2) is 118 Å². The Hall–Kier alpha value is -3.62. The molecule has 8 rings (SSSR count). The van der Waals surface area contributed by atoms with Crippen LogP contribution < -0.4 is 24.8 Å². The summed E-state index contributed by atoms with van der Waals surface area (Å²) in [5, 5.41) is 0. The topological polar surface area (TPSA) is 26.3 Å². The van der Waals surface area contributed by atoms with Crippen LogP contribution in [-0.2, 0) is 26.2 Å². The second kappa shape index (κ2) is 15.5. The Morgan fingerprint density at radius 2 is 0.851 bits per heavy atom. The van der Waals surface area contributed by atoms with Crippen molar-refractivity contribution in [2.24, 2.45) is 0 Å². The summed E-state index contributed by atoms with van der Waals surface area (Å²) >= 11 is 0. The van der Waals surface area contributed by atoms with Gasteiger partial charge in [-0.15, -0.1) is 11.1 Å². The summed E-state index contributed by atoms with van der Waals surface area (Å²) in [5.74, 6) is 4.03. The monoisotopic (exact) mass is 730 g/mol. The Bertz CT molecular complexity index is 1870. The van der Waals surface area contributed by atoms with E-state index in [2.05, 4.69) is 135 Å². The number of hydrogen-bond acceptors (Lipinski definition) is 2. The zero-order chi connectivity index (χ0) is 30.2. The fraction of sp³-hybridized carbons (Fsp3) is 0.143. The second-order valence-corrected chi connectivity index (χ2v) is 11.7. The SMILES string of the molecule is Cc1ccc(-c2cccc3c2C=[C-]C3c2ccc(C)o2)cc1.Cc1ccc(-c2cccc3c2C=[C-]C3c2ccc(C)o2)cc1.[Cl-].[Cl-].[Zr+4]. The summed E-state index contributed by atoms with van der Waals surface area (Å²) in [7, 11) is 0. The van der Waals surface area contributed by atoms with Gasteiger partial charge in [-0.25, -0.2) is 12.2 Å². The van der Waals surface area contributed by atoms with E-state index in [-0.39, 0.29) is 62.9 Å². The summed E-state index contributed by atoms with van der Waals surface area (Å²) in [6, 6.07) is 38.4. The van der Waals surface area contributed by atoms with E-state index >= 15 is 0 Å². The summed E-state index contributed by atoms with van der Waals surface area (Å²) in [4.78, 5) is 0. The maximum Gasteiger partial charge on any atom is 4.00 e. The van der Waals surface area contributed by atoms with Crippen LogP contribution in [-0.4, -0.2) is 0 Å². The van der Waals surface area contributed by atoms with Gasteiger partial charge in [0.1, 0.15) is 11.5 Å². The molecule has 0 bridgehead atoms. The van der Waals surface area contributed by atoms with Gasteiger partial charge < -0.3 is 33.6 Å². The number of hydrogen-bond donors (Lipinski definition) is 0. The van der Waals surface area contributed by atoms with E-state index < -0.39 is 0 Å². The first-order valence-corrected chi connectivity index (χ1v) is 15.2. The molecule has 0 amide bonds. The third-order valence-corrected chi connectivity index (χ3v) is 8.51. The van der Waals surface area contributed by atoms with Gasteiger partial charge in [0.15, 0.2) is 0 Å². The van der Waals surface area contributed by atoms with Crippen LogP contribution in [0.25, 0.3) is 34.4 Å². The first-order chi connectivity index (χ1) is 21.4. The quantitative estimate of drug-likeness (QED) is 0.237. The van der Waals surface area contributed by atoms with E-state index in [0.29, 0.717) is 0 Å². The molecule has 4 aromatic carbocycles. The molecular formula is C42H34Cl2O2Zr. The van der Waals surface area contributed by atoms with E-state index in [1.165, 1.54) is 55.6 Å². The molecule has 0 N–H and O–H groups in total. The van der Waals surface area contributed by atoms with Crippen LogP contribution in [0.2, 0.25) is 0 Å². The molecular weight excluding hydrogens is 699 g/mol. The maximum atomic E-state index is 5.80. The number of benzene rings is 4. The Labute approximate surface area is 309 Å². The molecule has 2 unspecified atom stereocenters. The molecule has 5 heteroatoms. The number of halogens is 2. The van der Waals surface area contributed by atoms with E-state index in [1.807, 2.05) is 26.0 Å². The van der Waals surface area contributed by atoms with Gasteiger partial charge in [0.05, 0.1) is 11.5 Å². The maximum absolute atomic E-state index is 5.80. The molecule has 0 saturated carbocycles. The minimum Gasteiger partial charge on any atom is -1.00 e. The average molecular weight is 733 g/mol. The van der Waals surface area contributed by atoms with Gasteiger partial charge in [-0.05, 0) is 74.9 Å². The molecule has 2 nitrogen and oxygen atoms in total. The molecule has 2 aliphatic rings. The Morgan fingerprint density at radius 1 is 0.468 bits per heavy atom. The van der Waals surface area contributed by atoms with Gasteiger partial charge in [-0.2, -0.15) is 11.1 Å². The van der Waals surface area contributed by atoms with Crippen LogP contribution >= 0.6 is 0 Å². The predicted molar refractivity (Wildman–Crippen MR) is 179 cm³/mol. The Balaban J connectivity index is 0.000000200. The Kier molecular flexibility index (Phi) is 12.0. The van der Waals surface area contributed by atoms with Crippen LogP contribution in [0.3, 0.4) is 0 Å². The van der Waals surface area contributed by atoms with E-state index in [0.717, 1.165) is 23.0 Å². The minimum atomic E-state index is 0. The minimum absolute atomic E-state index is 0. The first kappa shape index (κ1) is 36.2. The molecule has 2 aromatic heterocycles. The van der Waals surface area contributed by atoms with Crippen molar-refractivity contribution in [1.29, 1.82) is 0 Å². The molecule has 0 spiro atoms. The normalized spacial score (nSPS) is 15.0. The van der Waals surface area contributed by atoms with Gasteiger partial charge in [0.25, 0.3) is 0 Å². The van der Waals surface area contributed by atoms with Crippen molar-refractivity contribution in [3.8, 4) is 22.3 Å². The average Bonchev–Trinajstić information content (AvgIpc) is 3.84. The van der Waals surface area contributed by atoms with Crippen molar-refractivity contribution >= 4 is 12.2 Å². The molecule has 0 aliphatic heterocycles. The molecule has 232 valence electrons. The molecule has 0 radical (unpaired) electrons. The molecule has 2 atom stereocenters. The number of furan rings is 2. The van der Waals surface area contributed by atoms with Crippen LogP contribution in [0, 0.1) is 39.8 Å². The van der Waals surface area contributed by atoms with Gasteiger partial charge in [-0.1, -0.05) is 107 Å². The number of aryl methyl sites for hydroxylation is 4. The molecule has 0 fully saturated rings. The summed E-state index contributed by atoms with van der Waals surface area (Å²) in [5.41, 5.74) is 12.6. The van der Waals surface area contributed by atoms with Crippen molar-refractivity contribution in [3.05, 3.63) is 178 Å². The number of fused-ring (bicyclic) bond motifs is 2. The third-order valence-electron chi connectivity index (χ3n) is 8.51. The van der Waals surface area contributed by atoms with Crippen LogP contribution in [0.4, 0.5) is 0 Å². The molecule has 6 aromatic rings. The van der Waals surface area contributed by atoms with E-state index in [4.69, 9.17) is 8.83 Å². The molecule has 2 heterocycles. The van der Waals surface area contributed by atoms with Crippen molar-refractivity contribution in [2.75, 3.05) is 0 Å². The van der Waals surface area contributed by atoms with Gasteiger partial charge in [0, 0.05) is 0 Å². The van der Waals surface area contributed by atoms with Gasteiger partial charge in [-0.3, -0.25) is 12.2 Å². The van der Waals surface area contributed by atoms with E-state index in [1.54, 1.807) is 0 Å². The zero-order valence-corrected chi connectivity index (χ0v) is 30.7. The molecule has 2 aliphatic carbocycles. The van der Waals surface area contributed by atoms with Crippen molar-refractivity contribution in [2.45, 2.75) is 39.5 Å². The van der Waals surface area contributed by atoms with Gasteiger partial charge >= 0.3 is 26.2 Å². The van der Waals surface area contributed by atoms with Crippen molar-refractivity contribution in [3.63, 3.8) is 0 Å². The fourth-order valence-electron chi connectivity index (χ4n) is 6.16. The smallest absolute Gasteiger partial charge is 1.00 e. The summed E-state index contributed by atoms with van der Waals surface area (Å²) in [6.07, 6.45) is 11.1.